The van der Waals surface area contributed by atoms with E-state index in [0.717, 1.165) is 22.3 Å². The van der Waals surface area contributed by atoms with Gasteiger partial charge in [-0.3, -0.25) is 9.36 Å². The van der Waals surface area contributed by atoms with Gasteiger partial charge in [-0.05, 0) is 34.4 Å². The molecule has 0 unspecified atom stereocenters. The third-order valence-electron chi connectivity index (χ3n) is 8.03. The molecule has 1 aliphatic heterocycles. The number of aromatic nitrogens is 4. The van der Waals surface area contributed by atoms with Crippen LogP contribution in [0.25, 0.3) is 22.3 Å². The lowest BCUT2D eigenvalue weighted by molar-refractivity contribution is -0.0501. The number of fused-ring (bicyclic) bond motifs is 1. The van der Waals surface area contributed by atoms with Gasteiger partial charge < -0.3 is 46.5 Å². The van der Waals surface area contributed by atoms with Gasteiger partial charge in [0.25, 0.3) is 5.91 Å². The number of anilines is 2. The van der Waals surface area contributed by atoms with Crippen LogP contribution in [0.5, 0.6) is 0 Å². The summed E-state index contributed by atoms with van der Waals surface area (Å²) in [7, 11) is 0. The first-order chi connectivity index (χ1) is 23.8. The van der Waals surface area contributed by atoms with Crippen LogP contribution in [0, 0.1) is 0 Å². The summed E-state index contributed by atoms with van der Waals surface area (Å²) >= 11 is 0. The second-order valence-corrected chi connectivity index (χ2v) is 11.3. The van der Waals surface area contributed by atoms with Gasteiger partial charge in [0.15, 0.2) is 23.2 Å². The van der Waals surface area contributed by atoms with Gasteiger partial charge in [0.2, 0.25) is 5.95 Å². The van der Waals surface area contributed by atoms with E-state index >= 15 is 0 Å². The molecule has 1 aliphatic rings. The highest BCUT2D eigenvalue weighted by molar-refractivity contribution is 5.95. The van der Waals surface area contributed by atoms with Crippen LogP contribution < -0.4 is 21.7 Å². The molecule has 0 bridgehead atoms. The standard InChI is InChI=1S/C34H36N8O7/c35-29-26-30(40-19-39-29)42(32-28(45)27(44)25(17-43)49-32)33(41-26)38-16-20-9-11-22(12-10-20)23-7-4-8-24(15-23)31(46)36-13-14-37-34(47)48-18-21-5-2-1-3-6-21/h1-12,15,19,25,27-28,32,43-45H,13-14,16-18H2,(H,36,46)(H,37,47)(H,38,41)(H2,35,39,40)/t25-,27-,28-,32-/m1/s1. The fourth-order valence-corrected chi connectivity index (χ4v) is 5.44. The van der Waals surface area contributed by atoms with Crippen molar-refractivity contribution in [3.8, 4) is 11.1 Å². The summed E-state index contributed by atoms with van der Waals surface area (Å²) in [6.45, 7) is 0.447. The number of nitrogen functional groups attached to an aromatic ring is 1. The Morgan fingerprint density at radius 1 is 0.898 bits per heavy atom. The minimum atomic E-state index is -1.35. The summed E-state index contributed by atoms with van der Waals surface area (Å²) in [5, 5.41) is 39.3. The van der Waals surface area contributed by atoms with E-state index in [9.17, 15) is 24.9 Å². The molecule has 2 aromatic heterocycles. The fourth-order valence-electron chi connectivity index (χ4n) is 5.44. The van der Waals surface area contributed by atoms with Gasteiger partial charge in [-0.15, -0.1) is 0 Å². The average Bonchev–Trinajstić information content (AvgIpc) is 3.65. The van der Waals surface area contributed by atoms with Crippen LogP contribution in [0.4, 0.5) is 16.6 Å². The van der Waals surface area contributed by atoms with E-state index in [4.69, 9.17) is 15.2 Å². The maximum Gasteiger partial charge on any atom is 0.407 e. The minimum absolute atomic E-state index is 0.134. The van der Waals surface area contributed by atoms with Crippen LogP contribution >= 0.6 is 0 Å². The van der Waals surface area contributed by atoms with Gasteiger partial charge in [-0.2, -0.15) is 0 Å². The van der Waals surface area contributed by atoms with Crippen molar-refractivity contribution in [1.82, 2.24) is 30.2 Å². The Bertz CT molecular complexity index is 1900. The minimum Gasteiger partial charge on any atom is -0.445 e. The smallest absolute Gasteiger partial charge is 0.407 e. The van der Waals surface area contributed by atoms with E-state index in [2.05, 4.69) is 30.9 Å². The van der Waals surface area contributed by atoms with Crippen molar-refractivity contribution in [2.45, 2.75) is 37.7 Å². The number of hydrogen-bond acceptors (Lipinski definition) is 12. The van der Waals surface area contributed by atoms with E-state index in [1.165, 1.54) is 10.9 Å². The molecule has 0 spiro atoms. The van der Waals surface area contributed by atoms with Gasteiger partial charge in [-0.1, -0.05) is 66.7 Å². The monoisotopic (exact) mass is 668 g/mol. The van der Waals surface area contributed by atoms with Crippen molar-refractivity contribution in [1.29, 1.82) is 0 Å². The lowest BCUT2D eigenvalue weighted by Crippen LogP contribution is -2.34. The van der Waals surface area contributed by atoms with Crippen LogP contribution in [-0.2, 0) is 22.6 Å². The summed E-state index contributed by atoms with van der Waals surface area (Å²) in [6.07, 6.45) is -4.03. The normalized spacial score (nSPS) is 18.7. The summed E-state index contributed by atoms with van der Waals surface area (Å²) in [4.78, 5) is 37.5. The molecule has 2 amide bonds. The van der Waals surface area contributed by atoms with Crippen LogP contribution in [0.2, 0.25) is 0 Å². The molecule has 4 atom stereocenters. The zero-order valence-corrected chi connectivity index (χ0v) is 26.3. The molecule has 5 aromatic rings. The third kappa shape index (κ3) is 7.60. The Morgan fingerprint density at radius 3 is 2.43 bits per heavy atom. The molecule has 0 saturated carbocycles. The number of nitrogens with two attached hydrogens (primary N) is 1. The number of aliphatic hydroxyl groups is 3. The van der Waals surface area contributed by atoms with Crippen LogP contribution in [-0.4, -0.2) is 84.8 Å². The number of amides is 2. The van der Waals surface area contributed by atoms with Gasteiger partial charge >= 0.3 is 6.09 Å². The first-order valence-electron chi connectivity index (χ1n) is 15.6. The number of rotatable bonds is 12. The van der Waals surface area contributed by atoms with E-state index in [1.807, 2.05) is 60.7 Å². The molecule has 6 rings (SSSR count). The topological polar surface area (TPSA) is 219 Å². The highest BCUT2D eigenvalue weighted by Gasteiger charge is 2.45. The van der Waals surface area contributed by atoms with Gasteiger partial charge in [0, 0.05) is 25.2 Å². The molecule has 8 N–H and O–H groups in total. The van der Waals surface area contributed by atoms with Crippen LogP contribution in [0.1, 0.15) is 27.7 Å². The number of aliphatic hydroxyl groups excluding tert-OH is 3. The molecule has 3 heterocycles. The van der Waals surface area contributed by atoms with Gasteiger partial charge in [-0.25, -0.2) is 19.7 Å². The predicted octanol–water partition coefficient (Wildman–Crippen LogP) is 1.96. The second kappa shape index (κ2) is 15.1. The summed E-state index contributed by atoms with van der Waals surface area (Å²) in [5.74, 6) is 0.137. The Kier molecular flexibility index (Phi) is 10.2. The summed E-state index contributed by atoms with van der Waals surface area (Å²) < 4.78 is 12.4. The van der Waals surface area contributed by atoms with E-state index in [1.54, 1.807) is 18.2 Å². The number of alkyl carbamates (subject to hydrolysis) is 1. The van der Waals surface area contributed by atoms with Crippen molar-refractivity contribution in [3.05, 3.63) is 102 Å². The highest BCUT2D eigenvalue weighted by Crippen LogP contribution is 2.35. The summed E-state index contributed by atoms with van der Waals surface area (Å²) in [5.41, 5.74) is 10.6. The average molecular weight is 669 g/mol. The molecule has 254 valence electrons. The van der Waals surface area contributed by atoms with Crippen LogP contribution in [0.3, 0.4) is 0 Å². The zero-order valence-electron chi connectivity index (χ0n) is 26.3. The number of hydrogen-bond donors (Lipinski definition) is 7. The molecule has 0 aliphatic carbocycles. The number of nitrogens with zero attached hydrogens (tertiary/aromatic N) is 4. The molecule has 3 aromatic carbocycles. The Hall–Kier alpha value is -5.61. The molecule has 15 nitrogen and oxygen atoms in total. The molecule has 0 radical (unpaired) electrons. The lowest BCUT2D eigenvalue weighted by atomic mass is 10.0. The molecular formula is C34H36N8O7. The second-order valence-electron chi connectivity index (χ2n) is 11.3. The zero-order chi connectivity index (χ0) is 34.3. The van der Waals surface area contributed by atoms with Gasteiger partial charge in [0.1, 0.15) is 31.2 Å². The quantitative estimate of drug-likeness (QED) is 0.0949. The molecule has 1 fully saturated rings. The van der Waals surface area contributed by atoms with E-state index in [0.29, 0.717) is 23.3 Å². The SMILES string of the molecule is Nc1ncnc2c1nc(NCc1ccc(-c3cccc(C(=O)NCCNC(=O)OCc4ccccc4)c3)cc1)n2[C@@H]1O[C@H](CO)[C@@H](O)[C@H]1O. The van der Waals surface area contributed by atoms with Crippen molar-refractivity contribution in [2.24, 2.45) is 0 Å². The predicted molar refractivity (Wildman–Crippen MR) is 179 cm³/mol. The van der Waals surface area contributed by atoms with Crippen molar-refractivity contribution in [3.63, 3.8) is 0 Å². The maximum absolute atomic E-state index is 12.8. The Balaban J connectivity index is 1.05. The molecule has 49 heavy (non-hydrogen) atoms. The number of benzene rings is 3. The molecule has 15 heteroatoms. The van der Waals surface area contributed by atoms with Crippen molar-refractivity contribution >= 4 is 34.9 Å². The first-order valence-corrected chi connectivity index (χ1v) is 15.6. The molecule has 1 saturated heterocycles. The molecular weight excluding hydrogens is 632 g/mol. The fraction of sp³-hybridized carbons (Fsp3) is 0.265. The Morgan fingerprint density at radius 2 is 1.67 bits per heavy atom. The Labute approximate surface area is 280 Å². The third-order valence-corrected chi connectivity index (χ3v) is 8.03. The number of imidazole rings is 1. The van der Waals surface area contributed by atoms with E-state index < -0.39 is 37.2 Å². The maximum atomic E-state index is 12.8. The number of carbonyl (C=O) groups excluding carboxylic acids is 2. The van der Waals surface area contributed by atoms with Crippen molar-refractivity contribution < 1.29 is 34.4 Å². The lowest BCUT2D eigenvalue weighted by Gasteiger charge is -2.19. The number of ether oxygens (including phenoxy) is 2. The first kappa shape index (κ1) is 33.3. The highest BCUT2D eigenvalue weighted by atomic mass is 16.6. The van der Waals surface area contributed by atoms with E-state index in [-0.39, 0.29) is 37.4 Å². The van der Waals surface area contributed by atoms with Crippen LogP contribution in [0.15, 0.2) is 85.2 Å². The van der Waals surface area contributed by atoms with Gasteiger partial charge in [0.05, 0.1) is 6.61 Å². The number of carbonyl (C=O) groups is 2. The largest absolute Gasteiger partial charge is 0.445 e. The summed E-state index contributed by atoms with van der Waals surface area (Å²) in [6, 6.07) is 24.3. The van der Waals surface area contributed by atoms with Crippen molar-refractivity contribution in [2.75, 3.05) is 30.7 Å². The number of nitrogens with one attached hydrogen (secondary N) is 3.